The van der Waals surface area contributed by atoms with Crippen molar-refractivity contribution in [3.05, 3.63) is 69.0 Å². The summed E-state index contributed by atoms with van der Waals surface area (Å²) in [4.78, 5) is 29.9. The van der Waals surface area contributed by atoms with E-state index in [1.54, 1.807) is 26.2 Å². The summed E-state index contributed by atoms with van der Waals surface area (Å²) in [5, 5.41) is 0.956. The van der Waals surface area contributed by atoms with Gasteiger partial charge in [-0.3, -0.25) is 9.59 Å². The number of aromatic amines is 1. The number of aromatic nitrogens is 1. The van der Waals surface area contributed by atoms with Gasteiger partial charge in [0.25, 0.3) is 5.91 Å². The summed E-state index contributed by atoms with van der Waals surface area (Å²) in [6.45, 7) is -0.0243. The predicted octanol–water partition coefficient (Wildman–Crippen LogP) is 3.01. The van der Waals surface area contributed by atoms with Gasteiger partial charge in [0.05, 0.1) is 10.5 Å². The molecule has 1 heterocycles. The van der Waals surface area contributed by atoms with Crippen molar-refractivity contribution >= 4 is 28.4 Å². The fraction of sp³-hybridized carbons (Fsp3) is 0.158. The molecule has 0 unspecified atom stereocenters. The molecule has 0 aliphatic heterocycles. The van der Waals surface area contributed by atoms with Gasteiger partial charge >= 0.3 is 0 Å². The van der Waals surface area contributed by atoms with E-state index in [4.69, 9.17) is 17.3 Å². The highest BCUT2D eigenvalue weighted by Crippen LogP contribution is 2.33. The van der Waals surface area contributed by atoms with Crippen LogP contribution in [-0.2, 0) is 6.54 Å². The van der Waals surface area contributed by atoms with Crippen LogP contribution in [0.2, 0.25) is 5.02 Å². The lowest BCUT2D eigenvalue weighted by molar-refractivity contribution is 0.0821. The number of hydrogen-bond donors (Lipinski definition) is 2. The smallest absolute Gasteiger partial charge is 0.270 e. The van der Waals surface area contributed by atoms with Gasteiger partial charge in [0.2, 0.25) is 0 Å². The second-order valence-electron chi connectivity index (χ2n) is 5.92. The average molecular weight is 356 g/mol. The topological polar surface area (TPSA) is 79.2 Å². The molecule has 0 atom stereocenters. The second-order valence-corrected chi connectivity index (χ2v) is 6.33. The molecular weight excluding hydrogens is 338 g/mol. The molecule has 0 saturated carbocycles. The SMILES string of the molecule is CN(C)C(=O)c1[nH]c2c(-c3ccccc3)c(Cl)ccc2c(=O)c1CN. The molecule has 0 spiro atoms. The Bertz CT molecular complexity index is 1010. The lowest BCUT2D eigenvalue weighted by atomic mass is 9.99. The summed E-state index contributed by atoms with van der Waals surface area (Å²) in [5.41, 5.74) is 8.04. The minimum Gasteiger partial charge on any atom is -0.349 e. The van der Waals surface area contributed by atoms with Crippen molar-refractivity contribution in [1.82, 2.24) is 9.88 Å². The van der Waals surface area contributed by atoms with E-state index in [1.165, 1.54) is 4.90 Å². The van der Waals surface area contributed by atoms with E-state index >= 15 is 0 Å². The van der Waals surface area contributed by atoms with Crippen molar-refractivity contribution in [2.24, 2.45) is 5.73 Å². The number of fused-ring (bicyclic) bond motifs is 1. The summed E-state index contributed by atoms with van der Waals surface area (Å²) in [7, 11) is 3.25. The summed E-state index contributed by atoms with van der Waals surface area (Å²) in [5.74, 6) is -0.307. The molecule has 1 aromatic heterocycles. The first-order valence-electron chi connectivity index (χ1n) is 7.80. The van der Waals surface area contributed by atoms with Crippen molar-refractivity contribution in [3.8, 4) is 11.1 Å². The number of nitrogens with two attached hydrogens (primary N) is 1. The van der Waals surface area contributed by atoms with E-state index in [2.05, 4.69) is 4.98 Å². The maximum Gasteiger partial charge on any atom is 0.270 e. The summed E-state index contributed by atoms with van der Waals surface area (Å²) >= 11 is 6.42. The highest BCUT2D eigenvalue weighted by molar-refractivity contribution is 6.35. The molecule has 0 saturated heterocycles. The Morgan fingerprint density at radius 1 is 1.16 bits per heavy atom. The molecule has 0 fully saturated rings. The number of halogens is 1. The maximum atomic E-state index is 12.9. The fourth-order valence-corrected chi connectivity index (χ4v) is 3.13. The van der Waals surface area contributed by atoms with E-state index in [0.717, 1.165) is 5.56 Å². The van der Waals surface area contributed by atoms with Gasteiger partial charge in [0, 0.05) is 37.2 Å². The summed E-state index contributed by atoms with van der Waals surface area (Å²) < 4.78 is 0. The third kappa shape index (κ3) is 2.92. The molecule has 25 heavy (non-hydrogen) atoms. The number of rotatable bonds is 3. The molecule has 0 aliphatic rings. The Morgan fingerprint density at radius 2 is 1.84 bits per heavy atom. The van der Waals surface area contributed by atoms with E-state index in [1.807, 2.05) is 30.3 Å². The largest absolute Gasteiger partial charge is 0.349 e. The molecule has 0 bridgehead atoms. The highest BCUT2D eigenvalue weighted by atomic mass is 35.5. The minimum absolute atomic E-state index is 0.0243. The number of nitrogens with one attached hydrogen (secondary N) is 1. The van der Waals surface area contributed by atoms with Crippen LogP contribution in [0.5, 0.6) is 0 Å². The number of H-pyrrole nitrogens is 1. The highest BCUT2D eigenvalue weighted by Gasteiger charge is 2.21. The Hall–Kier alpha value is -2.63. The van der Waals surface area contributed by atoms with Crippen LogP contribution in [0.3, 0.4) is 0 Å². The second kappa shape index (κ2) is 6.70. The van der Waals surface area contributed by atoms with Crippen LogP contribution in [0.15, 0.2) is 47.3 Å². The van der Waals surface area contributed by atoms with Crippen LogP contribution in [0, 0.1) is 0 Å². The van der Waals surface area contributed by atoms with Crippen LogP contribution in [0.25, 0.3) is 22.0 Å². The number of benzene rings is 2. The minimum atomic E-state index is -0.307. The zero-order chi connectivity index (χ0) is 18.1. The third-order valence-electron chi connectivity index (χ3n) is 4.11. The number of amides is 1. The zero-order valence-corrected chi connectivity index (χ0v) is 14.7. The van der Waals surface area contributed by atoms with Crippen molar-refractivity contribution in [1.29, 1.82) is 0 Å². The first-order valence-corrected chi connectivity index (χ1v) is 8.18. The molecule has 3 rings (SSSR count). The predicted molar refractivity (Wildman–Crippen MR) is 101 cm³/mol. The van der Waals surface area contributed by atoms with Crippen molar-refractivity contribution in [3.63, 3.8) is 0 Å². The van der Waals surface area contributed by atoms with Crippen LogP contribution >= 0.6 is 11.6 Å². The quantitative estimate of drug-likeness (QED) is 0.758. The van der Waals surface area contributed by atoms with Crippen molar-refractivity contribution < 1.29 is 4.79 Å². The molecule has 2 aromatic carbocycles. The number of hydrogen-bond acceptors (Lipinski definition) is 3. The lowest BCUT2D eigenvalue weighted by Gasteiger charge is -2.16. The molecule has 5 nitrogen and oxygen atoms in total. The van der Waals surface area contributed by atoms with E-state index in [9.17, 15) is 9.59 Å². The van der Waals surface area contributed by atoms with E-state index in [-0.39, 0.29) is 29.1 Å². The first kappa shape index (κ1) is 17.2. The monoisotopic (exact) mass is 355 g/mol. The first-order chi connectivity index (χ1) is 12.0. The number of nitrogens with zero attached hydrogens (tertiary/aromatic N) is 1. The van der Waals surface area contributed by atoms with Gasteiger partial charge in [-0.05, 0) is 17.7 Å². The summed E-state index contributed by atoms with van der Waals surface area (Å²) in [6, 6.07) is 12.8. The molecule has 128 valence electrons. The maximum absolute atomic E-state index is 12.9. The van der Waals surface area contributed by atoms with Gasteiger partial charge in [-0.2, -0.15) is 0 Å². The number of carbonyl (C=O) groups excluding carboxylic acids is 1. The zero-order valence-electron chi connectivity index (χ0n) is 14.0. The van der Waals surface area contributed by atoms with Gasteiger partial charge in [-0.25, -0.2) is 0 Å². The number of pyridine rings is 1. The van der Waals surface area contributed by atoms with Gasteiger partial charge in [-0.1, -0.05) is 41.9 Å². The Kier molecular flexibility index (Phi) is 4.61. The van der Waals surface area contributed by atoms with Gasteiger partial charge in [-0.15, -0.1) is 0 Å². The molecule has 6 heteroatoms. The van der Waals surface area contributed by atoms with Crippen LogP contribution in [0.4, 0.5) is 0 Å². The van der Waals surface area contributed by atoms with Crippen LogP contribution in [0.1, 0.15) is 16.1 Å². The summed E-state index contributed by atoms with van der Waals surface area (Å²) in [6.07, 6.45) is 0. The average Bonchev–Trinajstić information content (AvgIpc) is 2.61. The van der Waals surface area contributed by atoms with E-state index < -0.39 is 0 Å². The molecule has 3 N–H and O–H groups in total. The Balaban J connectivity index is 2.45. The Labute approximate surface area is 150 Å². The molecule has 3 aromatic rings. The van der Waals surface area contributed by atoms with E-state index in [0.29, 0.717) is 21.5 Å². The van der Waals surface area contributed by atoms with Crippen molar-refractivity contribution in [2.75, 3.05) is 14.1 Å². The van der Waals surface area contributed by atoms with Gasteiger partial charge < -0.3 is 15.6 Å². The Morgan fingerprint density at radius 3 is 2.44 bits per heavy atom. The lowest BCUT2D eigenvalue weighted by Crippen LogP contribution is -2.29. The normalized spacial score (nSPS) is 10.9. The number of carbonyl (C=O) groups is 1. The molecule has 0 radical (unpaired) electrons. The standard InChI is InChI=1S/C19H18ClN3O2/c1-23(2)19(25)17-13(10-21)18(24)12-8-9-14(20)15(16(12)22-17)11-6-4-3-5-7-11/h3-9H,10,21H2,1-2H3,(H,22,24). The molecule has 1 amide bonds. The van der Waals surface area contributed by atoms with Gasteiger partial charge in [0.1, 0.15) is 5.69 Å². The molecule has 0 aliphatic carbocycles. The van der Waals surface area contributed by atoms with Crippen LogP contribution < -0.4 is 11.2 Å². The third-order valence-corrected chi connectivity index (χ3v) is 4.43. The van der Waals surface area contributed by atoms with Gasteiger partial charge in [0.15, 0.2) is 5.43 Å². The van der Waals surface area contributed by atoms with Crippen molar-refractivity contribution in [2.45, 2.75) is 6.54 Å². The molecular formula is C19H18ClN3O2. The van der Waals surface area contributed by atoms with Crippen LogP contribution in [-0.4, -0.2) is 29.9 Å². The fourth-order valence-electron chi connectivity index (χ4n) is 2.86.